The molecule has 0 spiro atoms. The first-order valence-corrected chi connectivity index (χ1v) is 6.97. The van der Waals surface area contributed by atoms with Crippen LogP contribution in [0.5, 0.6) is 5.75 Å². The van der Waals surface area contributed by atoms with Crippen LogP contribution < -0.4 is 4.74 Å². The molecule has 0 atom stereocenters. The Morgan fingerprint density at radius 3 is 2.86 bits per heavy atom. The summed E-state index contributed by atoms with van der Waals surface area (Å²) in [6.45, 7) is 2.92. The van der Waals surface area contributed by atoms with E-state index in [9.17, 15) is 9.18 Å². The summed E-state index contributed by atoms with van der Waals surface area (Å²) in [7, 11) is 0. The van der Waals surface area contributed by atoms with Crippen LogP contribution in [-0.4, -0.2) is 35.1 Å². The predicted molar refractivity (Wildman–Crippen MR) is 76.4 cm³/mol. The van der Waals surface area contributed by atoms with E-state index in [0.717, 1.165) is 6.20 Å². The zero-order valence-corrected chi connectivity index (χ0v) is 12.1. The maximum absolute atomic E-state index is 12.8. The van der Waals surface area contributed by atoms with Crippen LogP contribution in [0, 0.1) is 12.7 Å². The maximum Gasteiger partial charge on any atom is 0.187 e. The van der Waals surface area contributed by atoms with Crippen molar-refractivity contribution < 1.29 is 18.7 Å². The summed E-state index contributed by atoms with van der Waals surface area (Å²) in [5.41, 5.74) is 1.53. The molecular formula is C16H15FN2O3. The smallest absolute Gasteiger partial charge is 0.187 e. The highest BCUT2D eigenvalue weighted by Crippen LogP contribution is 2.19. The summed E-state index contributed by atoms with van der Waals surface area (Å²) >= 11 is 0. The van der Waals surface area contributed by atoms with Gasteiger partial charge in [0.25, 0.3) is 0 Å². The number of aromatic nitrogens is 2. The molecule has 0 bridgehead atoms. The van der Waals surface area contributed by atoms with Crippen LogP contribution in [0.1, 0.15) is 21.9 Å². The number of hydrogen-bond acceptors (Lipinski definition) is 5. The Morgan fingerprint density at radius 2 is 2.23 bits per heavy atom. The molecule has 6 heteroatoms. The fourth-order valence-electron chi connectivity index (χ4n) is 2.09. The van der Waals surface area contributed by atoms with Gasteiger partial charge in [-0.2, -0.15) is 0 Å². The molecule has 5 nitrogen and oxygen atoms in total. The van der Waals surface area contributed by atoms with E-state index in [0.29, 0.717) is 36.0 Å². The topological polar surface area (TPSA) is 61.3 Å². The summed E-state index contributed by atoms with van der Waals surface area (Å²) in [5.74, 6) is -0.00276. The van der Waals surface area contributed by atoms with E-state index < -0.39 is 5.82 Å². The van der Waals surface area contributed by atoms with Gasteiger partial charge in [-0.1, -0.05) is 0 Å². The monoisotopic (exact) mass is 302 g/mol. The average Bonchev–Trinajstić information content (AvgIpc) is 2.45. The molecule has 0 amide bonds. The van der Waals surface area contributed by atoms with Crippen molar-refractivity contribution in [2.24, 2.45) is 0 Å². The first-order valence-electron chi connectivity index (χ1n) is 6.97. The third-order valence-electron chi connectivity index (χ3n) is 3.25. The van der Waals surface area contributed by atoms with Gasteiger partial charge in [-0.05, 0) is 19.1 Å². The lowest BCUT2D eigenvalue weighted by Gasteiger charge is -2.26. The minimum atomic E-state index is -0.428. The predicted octanol–water partition coefficient (Wildman–Crippen LogP) is 2.13. The number of carbonyl (C=O) groups is 1. The highest BCUT2D eigenvalue weighted by Gasteiger charge is 2.21. The van der Waals surface area contributed by atoms with Crippen LogP contribution in [-0.2, 0) is 11.2 Å². The van der Waals surface area contributed by atoms with Crippen LogP contribution in [0.3, 0.4) is 0 Å². The number of ketones is 1. The Balaban J connectivity index is 1.74. The molecule has 3 rings (SSSR count). The van der Waals surface area contributed by atoms with E-state index in [1.165, 1.54) is 12.1 Å². The molecule has 1 aliphatic rings. The van der Waals surface area contributed by atoms with Crippen molar-refractivity contribution >= 4 is 5.78 Å². The number of halogens is 1. The Labute approximate surface area is 127 Å². The second-order valence-corrected chi connectivity index (χ2v) is 5.17. The van der Waals surface area contributed by atoms with Crippen LogP contribution in [0.4, 0.5) is 4.39 Å². The standard InChI is InChI=1S/C16H15FN2O3/c1-10-4-13(22-14-8-21-9-14)6-15(19-10)16(20)5-12-3-2-11(17)7-18-12/h2-4,6-7,14H,5,8-9H2,1H3. The molecule has 3 heterocycles. The molecule has 0 N–H and O–H groups in total. The van der Waals surface area contributed by atoms with Crippen molar-refractivity contribution in [3.05, 3.63) is 53.4 Å². The number of nitrogens with zero attached hydrogens (tertiary/aromatic N) is 2. The summed E-state index contributed by atoms with van der Waals surface area (Å²) in [6.07, 6.45) is 1.20. The van der Waals surface area contributed by atoms with Gasteiger partial charge in [-0.25, -0.2) is 9.37 Å². The van der Waals surface area contributed by atoms with Gasteiger partial charge in [0.05, 0.1) is 25.8 Å². The van der Waals surface area contributed by atoms with Crippen molar-refractivity contribution in [3.63, 3.8) is 0 Å². The fraction of sp³-hybridized carbons (Fsp3) is 0.312. The number of hydrogen-bond donors (Lipinski definition) is 0. The normalized spacial score (nSPS) is 14.5. The number of ether oxygens (including phenoxy) is 2. The van der Waals surface area contributed by atoms with Crippen LogP contribution in [0.25, 0.3) is 0 Å². The summed E-state index contributed by atoms with van der Waals surface area (Å²) in [5, 5.41) is 0. The summed E-state index contributed by atoms with van der Waals surface area (Å²) in [6, 6.07) is 6.18. The number of Topliss-reactive ketones (excluding diaryl/α,β-unsaturated/α-hetero) is 1. The third-order valence-corrected chi connectivity index (χ3v) is 3.25. The second kappa shape index (κ2) is 6.19. The van der Waals surface area contributed by atoms with Gasteiger partial charge >= 0.3 is 0 Å². The highest BCUT2D eigenvalue weighted by molar-refractivity contribution is 5.95. The maximum atomic E-state index is 12.8. The molecule has 0 unspecified atom stereocenters. The van der Waals surface area contributed by atoms with Gasteiger partial charge in [-0.15, -0.1) is 0 Å². The minimum Gasteiger partial charge on any atom is -0.485 e. The molecule has 22 heavy (non-hydrogen) atoms. The molecular weight excluding hydrogens is 287 g/mol. The molecule has 114 valence electrons. The van der Waals surface area contributed by atoms with Crippen LogP contribution >= 0.6 is 0 Å². The lowest BCUT2D eigenvalue weighted by atomic mass is 10.1. The zero-order chi connectivity index (χ0) is 15.5. The van der Waals surface area contributed by atoms with Crippen molar-refractivity contribution in [1.29, 1.82) is 0 Å². The third kappa shape index (κ3) is 3.46. The van der Waals surface area contributed by atoms with Crippen LogP contribution in [0.15, 0.2) is 30.5 Å². The van der Waals surface area contributed by atoms with Gasteiger partial charge in [0.1, 0.15) is 23.4 Å². The molecule has 0 saturated carbocycles. The second-order valence-electron chi connectivity index (χ2n) is 5.17. The average molecular weight is 302 g/mol. The van der Waals surface area contributed by atoms with Crippen LogP contribution in [0.2, 0.25) is 0 Å². The number of pyridine rings is 2. The number of rotatable bonds is 5. The molecule has 1 saturated heterocycles. The number of carbonyl (C=O) groups excluding carboxylic acids is 1. The quantitative estimate of drug-likeness (QED) is 0.792. The van der Waals surface area contributed by atoms with Crippen molar-refractivity contribution in [2.45, 2.75) is 19.4 Å². The first kappa shape index (κ1) is 14.6. The van der Waals surface area contributed by atoms with Crippen molar-refractivity contribution in [3.8, 4) is 5.75 Å². The van der Waals surface area contributed by atoms with Gasteiger partial charge in [-0.3, -0.25) is 9.78 Å². The van der Waals surface area contributed by atoms with E-state index >= 15 is 0 Å². The molecule has 0 radical (unpaired) electrons. The molecule has 2 aromatic heterocycles. The number of aryl methyl sites for hydroxylation is 1. The van der Waals surface area contributed by atoms with Gasteiger partial charge in [0, 0.05) is 23.5 Å². The molecule has 0 aromatic carbocycles. The van der Waals surface area contributed by atoms with Gasteiger partial charge in [0.2, 0.25) is 0 Å². The van der Waals surface area contributed by atoms with Crippen molar-refractivity contribution in [2.75, 3.05) is 13.2 Å². The Bertz CT molecular complexity index is 684. The summed E-state index contributed by atoms with van der Waals surface area (Å²) in [4.78, 5) is 20.4. The van der Waals surface area contributed by atoms with Crippen molar-refractivity contribution in [1.82, 2.24) is 9.97 Å². The fourth-order valence-corrected chi connectivity index (χ4v) is 2.09. The first-order chi connectivity index (χ1) is 10.6. The van der Waals surface area contributed by atoms with Gasteiger partial charge < -0.3 is 9.47 Å². The molecule has 1 aliphatic heterocycles. The van der Waals surface area contributed by atoms with E-state index in [1.807, 2.05) is 0 Å². The molecule has 1 fully saturated rings. The Kier molecular flexibility index (Phi) is 4.11. The van der Waals surface area contributed by atoms with E-state index in [1.54, 1.807) is 19.1 Å². The lowest BCUT2D eigenvalue weighted by molar-refractivity contribution is -0.0797. The summed E-state index contributed by atoms with van der Waals surface area (Å²) < 4.78 is 23.6. The van der Waals surface area contributed by atoms with E-state index in [-0.39, 0.29) is 18.3 Å². The van der Waals surface area contributed by atoms with Gasteiger partial charge in [0.15, 0.2) is 5.78 Å². The highest BCUT2D eigenvalue weighted by atomic mass is 19.1. The van der Waals surface area contributed by atoms with E-state index in [2.05, 4.69) is 9.97 Å². The Morgan fingerprint density at radius 1 is 1.41 bits per heavy atom. The minimum absolute atomic E-state index is 0.0310. The van der Waals surface area contributed by atoms with E-state index in [4.69, 9.17) is 9.47 Å². The SMILES string of the molecule is Cc1cc(OC2COC2)cc(C(=O)Cc2ccc(F)cn2)n1. The largest absolute Gasteiger partial charge is 0.485 e. The molecule has 2 aromatic rings. The lowest BCUT2D eigenvalue weighted by Crippen LogP contribution is -2.38. The molecule has 0 aliphatic carbocycles. The Hall–Kier alpha value is -2.34. The zero-order valence-electron chi connectivity index (χ0n) is 12.1.